The standard InChI is InChI=1S/C22H23N5O3S/c1-14(2)21-25-27-19(23)18(20(28)24-22(27)31-21)12-15-6-5-9-26(15)10-11-30-17-8-4-7-16(13-17)29-3/h4-9,12-14,23H,10-11H2,1-3H3. The number of fused-ring (bicyclic) bond motifs is 1. The summed E-state index contributed by atoms with van der Waals surface area (Å²) in [5.74, 6) is 1.28. The number of hydrazone groups is 1. The molecule has 1 N–H and O–H groups in total. The van der Waals surface area contributed by atoms with Crippen molar-refractivity contribution in [2.45, 2.75) is 20.4 Å². The van der Waals surface area contributed by atoms with Crippen LogP contribution >= 0.6 is 11.8 Å². The Morgan fingerprint density at radius 1 is 1.23 bits per heavy atom. The lowest BCUT2D eigenvalue weighted by atomic mass is 10.1. The molecule has 1 aromatic heterocycles. The van der Waals surface area contributed by atoms with Gasteiger partial charge in [0.15, 0.2) is 5.84 Å². The molecule has 2 aliphatic heterocycles. The monoisotopic (exact) mass is 437 g/mol. The largest absolute Gasteiger partial charge is 0.497 e. The van der Waals surface area contributed by atoms with Crippen molar-refractivity contribution in [2.75, 3.05) is 13.7 Å². The molecule has 0 radical (unpaired) electrons. The number of amides is 1. The molecule has 0 saturated carbocycles. The van der Waals surface area contributed by atoms with Gasteiger partial charge in [0.25, 0.3) is 5.91 Å². The van der Waals surface area contributed by atoms with Gasteiger partial charge in [0, 0.05) is 23.9 Å². The second kappa shape index (κ2) is 8.81. The normalized spacial score (nSPS) is 17.2. The summed E-state index contributed by atoms with van der Waals surface area (Å²) in [7, 11) is 1.62. The SMILES string of the molecule is COc1cccc(OCCn2cccc2C=C2C(=N)N3N=C(C(C)C)SC3=NC2=O)c1. The lowest BCUT2D eigenvalue weighted by molar-refractivity contribution is -0.114. The van der Waals surface area contributed by atoms with Crippen LogP contribution in [-0.4, -0.2) is 45.2 Å². The highest BCUT2D eigenvalue weighted by Crippen LogP contribution is 2.30. The van der Waals surface area contributed by atoms with Gasteiger partial charge in [-0.1, -0.05) is 19.9 Å². The number of aliphatic imine (C=N–C) groups is 1. The molecule has 0 saturated heterocycles. The molecular weight excluding hydrogens is 414 g/mol. The van der Waals surface area contributed by atoms with Crippen molar-refractivity contribution < 1.29 is 14.3 Å². The first-order chi connectivity index (χ1) is 15.0. The summed E-state index contributed by atoms with van der Waals surface area (Å²) < 4.78 is 13.0. The van der Waals surface area contributed by atoms with E-state index in [4.69, 9.17) is 14.9 Å². The van der Waals surface area contributed by atoms with E-state index in [0.29, 0.717) is 18.3 Å². The minimum absolute atomic E-state index is 0.0403. The van der Waals surface area contributed by atoms with Gasteiger partial charge in [-0.05, 0) is 42.1 Å². The molecule has 31 heavy (non-hydrogen) atoms. The second-order valence-electron chi connectivity index (χ2n) is 7.27. The van der Waals surface area contributed by atoms with E-state index in [2.05, 4.69) is 10.1 Å². The maximum atomic E-state index is 12.6. The fraction of sp³-hybridized carbons (Fsp3) is 0.273. The zero-order chi connectivity index (χ0) is 22.0. The number of amidine groups is 2. The van der Waals surface area contributed by atoms with E-state index in [-0.39, 0.29) is 17.3 Å². The third-order valence-electron chi connectivity index (χ3n) is 4.76. The van der Waals surface area contributed by atoms with Gasteiger partial charge in [-0.25, -0.2) is 0 Å². The summed E-state index contributed by atoms with van der Waals surface area (Å²) in [6.07, 6.45) is 3.59. The lowest BCUT2D eigenvalue weighted by Gasteiger charge is -2.20. The summed E-state index contributed by atoms with van der Waals surface area (Å²) in [6.45, 7) is 5.06. The summed E-state index contributed by atoms with van der Waals surface area (Å²) in [5, 5.41) is 15.7. The number of carbonyl (C=O) groups is 1. The molecule has 1 amide bonds. The van der Waals surface area contributed by atoms with E-state index in [1.165, 1.54) is 16.8 Å². The predicted octanol–water partition coefficient (Wildman–Crippen LogP) is 3.85. The molecule has 1 aromatic carbocycles. The Bertz CT molecular complexity index is 1120. The number of ether oxygens (including phenoxy) is 2. The third kappa shape index (κ3) is 4.41. The van der Waals surface area contributed by atoms with E-state index in [0.717, 1.165) is 22.2 Å². The highest BCUT2D eigenvalue weighted by molar-refractivity contribution is 8.27. The second-order valence-corrected chi connectivity index (χ2v) is 8.25. The molecular formula is C22H23N5O3S. The Hall–Kier alpha value is -3.33. The number of thioether (sulfide) groups is 1. The van der Waals surface area contributed by atoms with Crippen LogP contribution in [0.4, 0.5) is 0 Å². The fourth-order valence-electron chi connectivity index (χ4n) is 3.10. The van der Waals surface area contributed by atoms with E-state index < -0.39 is 5.91 Å². The molecule has 0 atom stereocenters. The van der Waals surface area contributed by atoms with Crippen molar-refractivity contribution >= 4 is 39.8 Å². The third-order valence-corrected chi connectivity index (χ3v) is 5.97. The van der Waals surface area contributed by atoms with Gasteiger partial charge in [-0.3, -0.25) is 10.2 Å². The number of benzene rings is 1. The van der Waals surface area contributed by atoms with Crippen molar-refractivity contribution in [3.8, 4) is 11.5 Å². The Kier molecular flexibility index (Phi) is 5.94. The first-order valence-corrected chi connectivity index (χ1v) is 10.7. The zero-order valence-electron chi connectivity index (χ0n) is 17.5. The average molecular weight is 438 g/mol. The number of nitrogens with zero attached hydrogens (tertiary/aromatic N) is 4. The average Bonchev–Trinajstić information content (AvgIpc) is 3.38. The summed E-state index contributed by atoms with van der Waals surface area (Å²) in [4.78, 5) is 16.7. The van der Waals surface area contributed by atoms with E-state index in [1.54, 1.807) is 13.2 Å². The number of aromatic nitrogens is 1. The van der Waals surface area contributed by atoms with Crippen molar-refractivity contribution in [1.29, 1.82) is 5.41 Å². The van der Waals surface area contributed by atoms with Gasteiger partial charge in [0.2, 0.25) is 5.17 Å². The maximum absolute atomic E-state index is 12.6. The minimum atomic E-state index is -0.427. The smallest absolute Gasteiger partial charge is 0.283 e. The van der Waals surface area contributed by atoms with Gasteiger partial charge in [-0.2, -0.15) is 15.1 Å². The van der Waals surface area contributed by atoms with Crippen LogP contribution in [0.2, 0.25) is 0 Å². The van der Waals surface area contributed by atoms with Crippen LogP contribution in [0.3, 0.4) is 0 Å². The fourth-order valence-corrected chi connectivity index (χ4v) is 4.00. The quantitative estimate of drug-likeness (QED) is 0.664. The van der Waals surface area contributed by atoms with Crippen molar-refractivity contribution in [2.24, 2.45) is 16.0 Å². The number of hydrogen-bond acceptors (Lipinski definition) is 6. The van der Waals surface area contributed by atoms with Gasteiger partial charge in [0.1, 0.15) is 23.1 Å². The molecule has 3 heterocycles. The van der Waals surface area contributed by atoms with E-state index in [1.807, 2.05) is 61.0 Å². The lowest BCUT2D eigenvalue weighted by Crippen LogP contribution is -2.35. The van der Waals surface area contributed by atoms with Crippen LogP contribution in [0.15, 0.2) is 58.3 Å². The van der Waals surface area contributed by atoms with Crippen LogP contribution in [0.1, 0.15) is 19.5 Å². The first-order valence-electron chi connectivity index (χ1n) is 9.88. The van der Waals surface area contributed by atoms with Crippen LogP contribution in [-0.2, 0) is 11.3 Å². The Morgan fingerprint density at radius 2 is 2.03 bits per heavy atom. The molecule has 8 nitrogen and oxygen atoms in total. The molecule has 0 bridgehead atoms. The molecule has 0 fully saturated rings. The summed E-state index contributed by atoms with van der Waals surface area (Å²) in [5.41, 5.74) is 1.01. The minimum Gasteiger partial charge on any atom is -0.497 e. The molecule has 160 valence electrons. The zero-order valence-corrected chi connectivity index (χ0v) is 18.3. The van der Waals surface area contributed by atoms with Crippen molar-refractivity contribution in [3.63, 3.8) is 0 Å². The number of carbonyl (C=O) groups excluding carboxylic acids is 1. The summed E-state index contributed by atoms with van der Waals surface area (Å²) >= 11 is 1.34. The predicted molar refractivity (Wildman–Crippen MR) is 123 cm³/mol. The van der Waals surface area contributed by atoms with E-state index in [9.17, 15) is 4.79 Å². The van der Waals surface area contributed by atoms with Crippen molar-refractivity contribution in [3.05, 3.63) is 53.9 Å². The number of methoxy groups -OCH3 is 1. The number of nitrogens with one attached hydrogen (secondary N) is 1. The summed E-state index contributed by atoms with van der Waals surface area (Å²) in [6, 6.07) is 11.2. The highest BCUT2D eigenvalue weighted by atomic mass is 32.2. The first kappa shape index (κ1) is 20.9. The van der Waals surface area contributed by atoms with Crippen molar-refractivity contribution in [1.82, 2.24) is 9.58 Å². The molecule has 2 aliphatic rings. The Labute approximate surface area is 184 Å². The molecule has 0 aliphatic carbocycles. The van der Waals surface area contributed by atoms with Gasteiger partial charge in [-0.15, -0.1) is 0 Å². The Balaban J connectivity index is 1.48. The number of hydrogen-bond donors (Lipinski definition) is 1. The van der Waals surface area contributed by atoms with Gasteiger partial charge in [0.05, 0.1) is 19.2 Å². The molecule has 0 unspecified atom stereocenters. The van der Waals surface area contributed by atoms with Crippen LogP contribution < -0.4 is 9.47 Å². The van der Waals surface area contributed by atoms with Gasteiger partial charge < -0.3 is 14.0 Å². The highest BCUT2D eigenvalue weighted by Gasteiger charge is 2.36. The Morgan fingerprint density at radius 3 is 2.81 bits per heavy atom. The molecule has 0 spiro atoms. The topological polar surface area (TPSA) is 92.3 Å². The van der Waals surface area contributed by atoms with E-state index >= 15 is 0 Å². The molecule has 4 rings (SSSR count). The van der Waals surface area contributed by atoms with Gasteiger partial charge >= 0.3 is 0 Å². The number of rotatable bonds is 7. The van der Waals surface area contributed by atoms with Crippen LogP contribution in [0, 0.1) is 11.3 Å². The molecule has 9 heteroatoms. The van der Waals surface area contributed by atoms with Crippen LogP contribution in [0.25, 0.3) is 6.08 Å². The maximum Gasteiger partial charge on any atom is 0.283 e. The van der Waals surface area contributed by atoms with Crippen LogP contribution in [0.5, 0.6) is 11.5 Å². The molecule has 2 aromatic rings.